The summed E-state index contributed by atoms with van der Waals surface area (Å²) < 4.78 is 6.10. The van der Waals surface area contributed by atoms with Gasteiger partial charge in [-0.15, -0.1) is 0 Å². The van der Waals surface area contributed by atoms with Gasteiger partial charge in [-0.2, -0.15) is 5.10 Å². The summed E-state index contributed by atoms with van der Waals surface area (Å²) in [6, 6.07) is 11.7. The molecule has 3 aromatic rings. The summed E-state index contributed by atoms with van der Waals surface area (Å²) in [5.74, 6) is 1.19. The van der Waals surface area contributed by atoms with E-state index in [4.69, 9.17) is 17.3 Å². The molecule has 1 aliphatic carbocycles. The predicted molar refractivity (Wildman–Crippen MR) is 112 cm³/mol. The molecule has 146 valence electrons. The first-order valence-electron chi connectivity index (χ1n) is 9.82. The van der Waals surface area contributed by atoms with E-state index in [9.17, 15) is 4.79 Å². The second kappa shape index (κ2) is 8.14. The van der Waals surface area contributed by atoms with Crippen LogP contribution in [0.3, 0.4) is 0 Å². The molecule has 0 spiro atoms. The lowest BCUT2D eigenvalue weighted by Gasteiger charge is -2.21. The fourth-order valence-corrected chi connectivity index (χ4v) is 4.16. The molecule has 1 amide bonds. The number of carbonyl (C=O) groups excluding carboxylic acids is 1. The second-order valence-corrected chi connectivity index (χ2v) is 7.79. The first kappa shape index (κ1) is 18.7. The van der Waals surface area contributed by atoms with E-state index in [-0.39, 0.29) is 12.5 Å². The van der Waals surface area contributed by atoms with Crippen LogP contribution >= 0.6 is 12.2 Å². The topological polar surface area (TPSA) is 56.8 Å². The lowest BCUT2D eigenvalue weighted by Crippen LogP contribution is -2.20. The van der Waals surface area contributed by atoms with Gasteiger partial charge in [0.1, 0.15) is 6.54 Å². The van der Waals surface area contributed by atoms with Crippen LogP contribution in [0.4, 0.5) is 5.69 Å². The Morgan fingerprint density at radius 2 is 1.93 bits per heavy atom. The van der Waals surface area contributed by atoms with E-state index in [1.807, 2.05) is 65.1 Å². The van der Waals surface area contributed by atoms with E-state index in [2.05, 4.69) is 5.32 Å². The number of nitrogens with zero attached hydrogens (tertiary/aromatic N) is 4. The van der Waals surface area contributed by atoms with Gasteiger partial charge in [0, 0.05) is 24.0 Å². The van der Waals surface area contributed by atoms with Crippen LogP contribution in [-0.2, 0) is 11.3 Å². The van der Waals surface area contributed by atoms with Gasteiger partial charge in [0.15, 0.2) is 5.82 Å². The highest BCUT2D eigenvalue weighted by molar-refractivity contribution is 7.71. The number of benzene rings is 1. The third-order valence-electron chi connectivity index (χ3n) is 5.23. The van der Waals surface area contributed by atoms with Gasteiger partial charge in [-0.05, 0) is 61.8 Å². The molecule has 28 heavy (non-hydrogen) atoms. The molecule has 1 fully saturated rings. The summed E-state index contributed by atoms with van der Waals surface area (Å²) in [6.07, 6.45) is 9.85. The molecular weight excluding hydrogens is 370 g/mol. The Labute approximate surface area is 169 Å². The van der Waals surface area contributed by atoms with Gasteiger partial charge in [0.2, 0.25) is 10.7 Å². The van der Waals surface area contributed by atoms with Crippen LogP contribution in [0.15, 0.2) is 48.8 Å². The highest BCUT2D eigenvalue weighted by Crippen LogP contribution is 2.32. The summed E-state index contributed by atoms with van der Waals surface area (Å²) in [6.45, 7) is 2.10. The fourth-order valence-electron chi connectivity index (χ4n) is 3.87. The highest BCUT2D eigenvalue weighted by Gasteiger charge is 2.24. The Kier molecular flexibility index (Phi) is 5.43. The minimum Gasteiger partial charge on any atom is -0.324 e. The molecule has 1 aliphatic rings. The van der Waals surface area contributed by atoms with E-state index < -0.39 is 0 Å². The number of rotatable bonds is 5. The summed E-state index contributed by atoms with van der Waals surface area (Å²) >= 11 is 5.70. The van der Waals surface area contributed by atoms with Gasteiger partial charge in [-0.25, -0.2) is 9.36 Å². The highest BCUT2D eigenvalue weighted by atomic mass is 32.1. The van der Waals surface area contributed by atoms with E-state index >= 15 is 0 Å². The number of aromatic nitrogens is 4. The monoisotopic (exact) mass is 395 g/mol. The van der Waals surface area contributed by atoms with E-state index in [1.54, 1.807) is 4.68 Å². The number of hydrogen-bond acceptors (Lipinski definition) is 3. The standard InChI is InChI=1S/C21H25N5OS/c1-16-8-7-11-18(14-16)22-19(27)15-25-21(28)26(24-12-5-6-13-24)20(23-25)17-9-3-2-4-10-17/h5-8,11-14,17H,2-4,9-10,15H2,1H3,(H,22,27). The number of anilines is 1. The molecule has 0 bridgehead atoms. The molecule has 0 atom stereocenters. The summed E-state index contributed by atoms with van der Waals surface area (Å²) in [5, 5.41) is 7.72. The normalized spacial score (nSPS) is 14.9. The van der Waals surface area contributed by atoms with Gasteiger partial charge in [0.25, 0.3) is 0 Å². The molecule has 2 aromatic heterocycles. The first-order valence-corrected chi connectivity index (χ1v) is 10.2. The van der Waals surface area contributed by atoms with Crippen molar-refractivity contribution in [2.45, 2.75) is 51.5 Å². The van der Waals surface area contributed by atoms with Crippen molar-refractivity contribution in [1.29, 1.82) is 0 Å². The van der Waals surface area contributed by atoms with E-state index in [0.29, 0.717) is 10.7 Å². The van der Waals surface area contributed by atoms with Crippen molar-refractivity contribution in [3.05, 3.63) is 65.0 Å². The molecule has 0 radical (unpaired) electrons. The molecule has 4 rings (SSSR count). The number of amides is 1. The number of nitrogens with one attached hydrogen (secondary N) is 1. The zero-order valence-electron chi connectivity index (χ0n) is 16.0. The molecule has 7 heteroatoms. The largest absolute Gasteiger partial charge is 0.324 e. The van der Waals surface area contributed by atoms with Crippen molar-refractivity contribution in [3.63, 3.8) is 0 Å². The van der Waals surface area contributed by atoms with Gasteiger partial charge >= 0.3 is 0 Å². The van der Waals surface area contributed by atoms with Crippen molar-refractivity contribution in [2.24, 2.45) is 0 Å². The molecular formula is C21H25N5OS. The average Bonchev–Trinajstić information content (AvgIpc) is 3.31. The van der Waals surface area contributed by atoms with Crippen molar-refractivity contribution >= 4 is 23.8 Å². The van der Waals surface area contributed by atoms with Gasteiger partial charge in [0.05, 0.1) is 0 Å². The maximum Gasteiger partial charge on any atom is 0.246 e. The molecule has 1 aromatic carbocycles. The lowest BCUT2D eigenvalue weighted by molar-refractivity contribution is -0.116. The van der Waals surface area contributed by atoms with E-state index in [1.165, 1.54) is 19.3 Å². The zero-order chi connectivity index (χ0) is 19.5. The Hall–Kier alpha value is -2.67. The molecule has 1 N–H and O–H groups in total. The lowest BCUT2D eigenvalue weighted by atomic mass is 9.89. The Morgan fingerprint density at radius 3 is 2.64 bits per heavy atom. The summed E-state index contributed by atoms with van der Waals surface area (Å²) in [4.78, 5) is 12.6. The fraction of sp³-hybridized carbons (Fsp3) is 0.381. The van der Waals surface area contributed by atoms with Gasteiger partial charge < -0.3 is 5.32 Å². The minimum atomic E-state index is -0.131. The molecule has 0 unspecified atom stereocenters. The summed E-state index contributed by atoms with van der Waals surface area (Å²) in [5.41, 5.74) is 1.89. The SMILES string of the molecule is Cc1cccc(NC(=O)Cn2nc(C3CCCCC3)n(-n3cccc3)c2=S)c1. The van der Waals surface area contributed by atoms with Crippen molar-refractivity contribution < 1.29 is 4.79 Å². The molecule has 0 aliphatic heterocycles. The Morgan fingerprint density at radius 1 is 1.18 bits per heavy atom. The van der Waals surface area contributed by atoms with Crippen LogP contribution in [-0.4, -0.2) is 25.0 Å². The van der Waals surface area contributed by atoms with Crippen LogP contribution in [0.1, 0.15) is 49.4 Å². The minimum absolute atomic E-state index is 0.0980. The van der Waals surface area contributed by atoms with Gasteiger partial charge in [-0.1, -0.05) is 31.4 Å². The maximum atomic E-state index is 12.6. The van der Waals surface area contributed by atoms with Crippen molar-refractivity contribution in [3.8, 4) is 0 Å². The Bertz CT molecular complexity index is 1010. The second-order valence-electron chi connectivity index (χ2n) is 7.43. The zero-order valence-corrected chi connectivity index (χ0v) is 16.9. The average molecular weight is 396 g/mol. The maximum absolute atomic E-state index is 12.6. The third-order valence-corrected chi connectivity index (χ3v) is 5.61. The molecule has 0 saturated heterocycles. The van der Waals surface area contributed by atoms with Crippen LogP contribution in [0.2, 0.25) is 0 Å². The predicted octanol–water partition coefficient (Wildman–Crippen LogP) is 4.52. The first-order chi connectivity index (χ1) is 13.6. The number of carbonyl (C=O) groups is 1. The van der Waals surface area contributed by atoms with Crippen LogP contribution in [0, 0.1) is 11.7 Å². The number of aryl methyl sites for hydroxylation is 1. The molecule has 6 nitrogen and oxygen atoms in total. The molecule has 1 saturated carbocycles. The van der Waals surface area contributed by atoms with Gasteiger partial charge in [-0.3, -0.25) is 9.47 Å². The Balaban J connectivity index is 1.62. The summed E-state index contributed by atoms with van der Waals surface area (Å²) in [7, 11) is 0. The van der Waals surface area contributed by atoms with E-state index in [0.717, 1.165) is 29.9 Å². The number of hydrogen-bond donors (Lipinski definition) is 1. The molecule has 2 heterocycles. The van der Waals surface area contributed by atoms with Crippen molar-refractivity contribution in [2.75, 3.05) is 5.32 Å². The third kappa shape index (κ3) is 3.94. The van der Waals surface area contributed by atoms with Crippen molar-refractivity contribution in [1.82, 2.24) is 19.1 Å². The van der Waals surface area contributed by atoms with Crippen LogP contribution in [0.25, 0.3) is 0 Å². The quantitative estimate of drug-likeness (QED) is 0.646. The smallest absolute Gasteiger partial charge is 0.246 e. The van der Waals surface area contributed by atoms with Crippen LogP contribution < -0.4 is 5.32 Å². The van der Waals surface area contributed by atoms with Crippen LogP contribution in [0.5, 0.6) is 0 Å².